The molecule has 1 aliphatic heterocycles. The summed E-state index contributed by atoms with van der Waals surface area (Å²) in [6.07, 6.45) is 0.777. The van der Waals surface area contributed by atoms with Crippen molar-refractivity contribution in [1.29, 1.82) is 0 Å². The van der Waals surface area contributed by atoms with E-state index in [1.54, 1.807) is 11.6 Å². The van der Waals surface area contributed by atoms with E-state index in [1.165, 1.54) is 0 Å². The average molecular weight is 443 g/mol. The van der Waals surface area contributed by atoms with Gasteiger partial charge < -0.3 is 14.6 Å². The molecular weight excluding hydrogens is 416 g/mol. The lowest BCUT2D eigenvalue weighted by atomic mass is 9.95. The molecule has 164 valence electrons. The Morgan fingerprint density at radius 2 is 1.87 bits per heavy atom. The van der Waals surface area contributed by atoms with Crippen molar-refractivity contribution in [2.24, 2.45) is 7.05 Å². The van der Waals surface area contributed by atoms with Crippen LogP contribution in [-0.4, -0.2) is 45.9 Å². The minimum atomic E-state index is -3.01. The number of ether oxygens (including phenoxy) is 1. The number of hydrogen-bond acceptors (Lipinski definition) is 6. The van der Waals surface area contributed by atoms with Crippen molar-refractivity contribution < 1.29 is 17.9 Å². The molecule has 0 bridgehead atoms. The monoisotopic (exact) mass is 442 g/mol. The lowest BCUT2D eigenvalue weighted by Gasteiger charge is -2.34. The summed E-state index contributed by atoms with van der Waals surface area (Å²) in [5.41, 5.74) is 2.51. The number of nitrogens with zero attached hydrogens (tertiary/aromatic N) is 3. The first-order valence-electron chi connectivity index (χ1n) is 10.2. The number of carbonyl (C=O) groups is 1. The van der Waals surface area contributed by atoms with Crippen LogP contribution in [0.4, 0.5) is 0 Å². The predicted molar refractivity (Wildman–Crippen MR) is 118 cm³/mol. The van der Waals surface area contributed by atoms with Gasteiger partial charge in [0.15, 0.2) is 5.65 Å². The second-order valence-corrected chi connectivity index (χ2v) is 10.7. The molecule has 9 heteroatoms. The van der Waals surface area contributed by atoms with Crippen molar-refractivity contribution in [2.45, 2.75) is 38.8 Å². The second-order valence-electron chi connectivity index (χ2n) is 8.38. The number of pyridine rings is 1. The van der Waals surface area contributed by atoms with Crippen molar-refractivity contribution >= 4 is 26.9 Å². The van der Waals surface area contributed by atoms with Crippen LogP contribution in [0.2, 0.25) is 0 Å². The van der Waals surface area contributed by atoms with Gasteiger partial charge in [-0.05, 0) is 37.8 Å². The molecule has 8 nitrogen and oxygen atoms in total. The van der Waals surface area contributed by atoms with Crippen LogP contribution < -0.4 is 10.1 Å². The number of hydrogen-bond donors (Lipinski definition) is 1. The van der Waals surface area contributed by atoms with E-state index in [-0.39, 0.29) is 23.2 Å². The van der Waals surface area contributed by atoms with Crippen molar-refractivity contribution in [2.75, 3.05) is 11.5 Å². The van der Waals surface area contributed by atoms with Crippen LogP contribution in [0.1, 0.15) is 41.5 Å². The van der Waals surface area contributed by atoms with Crippen molar-refractivity contribution in [1.82, 2.24) is 19.9 Å². The van der Waals surface area contributed by atoms with Crippen LogP contribution in [-0.2, 0) is 23.5 Å². The Labute approximate surface area is 181 Å². The van der Waals surface area contributed by atoms with Crippen LogP contribution in [0.5, 0.6) is 5.88 Å². The van der Waals surface area contributed by atoms with Crippen LogP contribution in [0.25, 0.3) is 11.2 Å². The Morgan fingerprint density at radius 3 is 2.55 bits per heavy atom. The first kappa shape index (κ1) is 21.3. The van der Waals surface area contributed by atoms with Crippen LogP contribution in [0, 0.1) is 6.92 Å². The van der Waals surface area contributed by atoms with Crippen LogP contribution in [0.15, 0.2) is 36.4 Å². The number of rotatable bonds is 5. The fraction of sp³-hybridized carbons (Fsp3) is 0.409. The predicted octanol–water partition coefficient (Wildman–Crippen LogP) is 2.55. The van der Waals surface area contributed by atoms with Gasteiger partial charge in [0.2, 0.25) is 11.7 Å². The highest BCUT2D eigenvalue weighted by Gasteiger charge is 2.35. The molecule has 31 heavy (non-hydrogen) atoms. The summed E-state index contributed by atoms with van der Waals surface area (Å²) in [5.74, 6) is 0.520. The molecule has 1 aliphatic rings. The number of fused-ring (bicyclic) bond motifs is 1. The highest BCUT2D eigenvalue weighted by molar-refractivity contribution is 7.91. The van der Waals surface area contributed by atoms with Crippen molar-refractivity contribution in [3.8, 4) is 5.88 Å². The standard InChI is InChI=1S/C22H26N4O4S/c1-15-13-17(30-14-16-7-5-4-6-8-16)23-19-18(15)24-20(26(19)3)21(27)25-22(2)9-11-31(28,29)12-10-22/h4-8,13H,9-12,14H2,1-3H3,(H,25,27). The van der Waals surface area contributed by atoms with E-state index in [1.807, 2.05) is 50.2 Å². The zero-order valence-corrected chi connectivity index (χ0v) is 18.7. The molecule has 1 fully saturated rings. The van der Waals surface area contributed by atoms with Crippen LogP contribution in [0.3, 0.4) is 0 Å². The maximum atomic E-state index is 13.0. The van der Waals surface area contributed by atoms with Gasteiger partial charge in [0.1, 0.15) is 22.0 Å². The molecule has 0 spiro atoms. The fourth-order valence-electron chi connectivity index (χ4n) is 3.72. The van der Waals surface area contributed by atoms with Gasteiger partial charge in [-0.2, -0.15) is 4.98 Å². The molecule has 1 amide bonds. The van der Waals surface area contributed by atoms with Crippen molar-refractivity contribution in [3.63, 3.8) is 0 Å². The molecule has 0 atom stereocenters. The topological polar surface area (TPSA) is 103 Å². The molecule has 0 aliphatic carbocycles. The van der Waals surface area contributed by atoms with Gasteiger partial charge in [-0.15, -0.1) is 0 Å². The fourth-order valence-corrected chi connectivity index (χ4v) is 5.45. The number of carbonyl (C=O) groups excluding carboxylic acids is 1. The highest BCUT2D eigenvalue weighted by atomic mass is 32.2. The number of amides is 1. The molecule has 3 heterocycles. The number of imidazole rings is 1. The molecule has 0 unspecified atom stereocenters. The lowest BCUT2D eigenvalue weighted by Crippen LogP contribution is -2.51. The summed E-state index contributed by atoms with van der Waals surface area (Å²) in [4.78, 5) is 22.0. The molecule has 2 aromatic heterocycles. The summed E-state index contributed by atoms with van der Waals surface area (Å²) in [5, 5.41) is 2.99. The molecule has 3 aromatic rings. The van der Waals surface area contributed by atoms with E-state index in [0.717, 1.165) is 11.1 Å². The largest absolute Gasteiger partial charge is 0.473 e. The Morgan fingerprint density at radius 1 is 1.19 bits per heavy atom. The SMILES string of the molecule is Cc1cc(OCc2ccccc2)nc2c1nc(C(=O)NC1(C)CCS(=O)(=O)CC1)n2C. The zero-order chi connectivity index (χ0) is 22.2. The third-order valence-corrected chi connectivity index (χ3v) is 7.42. The van der Waals surface area contributed by atoms with Gasteiger partial charge in [-0.1, -0.05) is 30.3 Å². The molecule has 1 saturated heterocycles. The molecule has 1 aromatic carbocycles. The number of sulfone groups is 1. The van der Waals surface area contributed by atoms with Gasteiger partial charge in [0.25, 0.3) is 5.91 Å². The Balaban J connectivity index is 1.55. The van der Waals surface area contributed by atoms with E-state index < -0.39 is 15.4 Å². The van der Waals surface area contributed by atoms with Crippen molar-refractivity contribution in [3.05, 3.63) is 53.3 Å². The molecule has 0 radical (unpaired) electrons. The van der Waals surface area contributed by atoms with Crippen LogP contribution >= 0.6 is 0 Å². The summed E-state index contributed by atoms with van der Waals surface area (Å²) in [6.45, 7) is 4.17. The maximum Gasteiger partial charge on any atom is 0.287 e. The van der Waals surface area contributed by atoms with Gasteiger partial charge in [0.05, 0.1) is 11.5 Å². The minimum absolute atomic E-state index is 0.0785. The van der Waals surface area contributed by atoms with Gasteiger partial charge in [-0.25, -0.2) is 13.4 Å². The average Bonchev–Trinajstić information content (AvgIpc) is 3.07. The zero-order valence-electron chi connectivity index (χ0n) is 17.9. The molecular formula is C22H26N4O4S. The number of aryl methyl sites for hydroxylation is 2. The Kier molecular flexibility index (Phi) is 5.47. The number of aromatic nitrogens is 3. The quantitative estimate of drug-likeness (QED) is 0.651. The maximum absolute atomic E-state index is 13.0. The van der Waals surface area contributed by atoms with E-state index >= 15 is 0 Å². The normalized spacial score (nSPS) is 17.4. The van der Waals surface area contributed by atoms with E-state index in [0.29, 0.717) is 36.5 Å². The Hall–Kier alpha value is -2.94. The van der Waals surface area contributed by atoms with E-state index in [4.69, 9.17) is 4.74 Å². The molecule has 4 rings (SSSR count). The first-order chi connectivity index (χ1) is 14.7. The highest BCUT2D eigenvalue weighted by Crippen LogP contribution is 2.25. The summed E-state index contributed by atoms with van der Waals surface area (Å²) < 4.78 is 31.0. The van der Waals surface area contributed by atoms with Gasteiger partial charge in [-0.3, -0.25) is 4.79 Å². The van der Waals surface area contributed by atoms with Gasteiger partial charge in [0, 0.05) is 18.7 Å². The molecule has 0 saturated carbocycles. The van der Waals surface area contributed by atoms with E-state index in [9.17, 15) is 13.2 Å². The third-order valence-electron chi connectivity index (χ3n) is 5.77. The summed E-state index contributed by atoms with van der Waals surface area (Å²) in [6, 6.07) is 11.6. The smallest absolute Gasteiger partial charge is 0.287 e. The first-order valence-corrected chi connectivity index (χ1v) is 12.0. The summed E-state index contributed by atoms with van der Waals surface area (Å²) in [7, 11) is -1.27. The van der Waals surface area contributed by atoms with E-state index in [2.05, 4.69) is 15.3 Å². The van der Waals surface area contributed by atoms with Gasteiger partial charge >= 0.3 is 0 Å². The molecule has 1 N–H and O–H groups in total. The summed E-state index contributed by atoms with van der Waals surface area (Å²) >= 11 is 0. The lowest BCUT2D eigenvalue weighted by molar-refractivity contribution is 0.0886. The second kappa shape index (κ2) is 7.96. The number of nitrogens with one attached hydrogen (secondary N) is 1. The third kappa shape index (κ3) is 4.56. The Bertz CT molecular complexity index is 1220. The minimum Gasteiger partial charge on any atom is -0.473 e. The number of benzene rings is 1.